The number of methoxy groups -OCH3 is 1. The number of fused-ring (bicyclic) bond motifs is 3. The van der Waals surface area contributed by atoms with Crippen molar-refractivity contribution in [2.45, 2.75) is 24.0 Å². The molecule has 4 rings (SSSR count). The molecular formula is C24H26N2O7. The molecule has 0 aromatic heterocycles. The third kappa shape index (κ3) is 4.42. The fourth-order valence-electron chi connectivity index (χ4n) is 4.38. The second-order valence-electron chi connectivity index (χ2n) is 8.30. The van der Waals surface area contributed by atoms with Gasteiger partial charge in [-0.2, -0.15) is 0 Å². The molecule has 0 bridgehead atoms. The molecule has 1 aliphatic carbocycles. The molecule has 3 N–H and O–H groups in total. The lowest BCUT2D eigenvalue weighted by molar-refractivity contribution is -0.185. The average molecular weight is 454 g/mol. The van der Waals surface area contributed by atoms with E-state index in [1.165, 1.54) is 12.0 Å². The van der Waals surface area contributed by atoms with Crippen molar-refractivity contribution in [1.29, 1.82) is 0 Å². The summed E-state index contributed by atoms with van der Waals surface area (Å²) in [4.78, 5) is 36.9. The van der Waals surface area contributed by atoms with Crippen LogP contribution in [0.4, 0.5) is 4.79 Å². The van der Waals surface area contributed by atoms with E-state index in [1.807, 2.05) is 36.4 Å². The van der Waals surface area contributed by atoms with Crippen LogP contribution in [0.3, 0.4) is 0 Å². The molecule has 1 aliphatic heterocycles. The molecule has 2 aliphatic rings. The first-order chi connectivity index (χ1) is 15.8. The van der Waals surface area contributed by atoms with Gasteiger partial charge in [0.05, 0.1) is 13.1 Å². The first-order valence-corrected chi connectivity index (χ1v) is 10.7. The maximum Gasteiger partial charge on any atom is 0.407 e. The van der Waals surface area contributed by atoms with Crippen LogP contribution in [0.25, 0.3) is 11.1 Å². The molecule has 2 aromatic carbocycles. The lowest BCUT2D eigenvalue weighted by Crippen LogP contribution is -2.68. The number of carbonyl (C=O) groups is 3. The van der Waals surface area contributed by atoms with Gasteiger partial charge in [-0.25, -0.2) is 9.59 Å². The van der Waals surface area contributed by atoms with Gasteiger partial charge < -0.3 is 29.9 Å². The normalized spacial score (nSPS) is 16.8. The van der Waals surface area contributed by atoms with Crippen LogP contribution in [-0.2, 0) is 19.1 Å². The van der Waals surface area contributed by atoms with Crippen molar-refractivity contribution in [3.05, 3.63) is 59.7 Å². The lowest BCUT2D eigenvalue weighted by atomic mass is 9.93. The third-order valence-corrected chi connectivity index (χ3v) is 6.19. The summed E-state index contributed by atoms with van der Waals surface area (Å²) in [5.74, 6) is -1.84. The molecule has 1 atom stereocenters. The topological polar surface area (TPSA) is 125 Å². The predicted octanol–water partition coefficient (Wildman–Crippen LogP) is 1.59. The number of aliphatic hydroxyl groups is 1. The van der Waals surface area contributed by atoms with Gasteiger partial charge in [0.2, 0.25) is 0 Å². The van der Waals surface area contributed by atoms with Gasteiger partial charge in [-0.1, -0.05) is 48.5 Å². The van der Waals surface area contributed by atoms with Crippen LogP contribution in [-0.4, -0.2) is 78.1 Å². The van der Waals surface area contributed by atoms with Crippen molar-refractivity contribution in [2.24, 2.45) is 0 Å². The van der Waals surface area contributed by atoms with Crippen molar-refractivity contribution >= 4 is 18.0 Å². The fraction of sp³-hybridized carbons (Fsp3) is 0.375. The second-order valence-corrected chi connectivity index (χ2v) is 8.30. The first kappa shape index (κ1) is 22.8. The van der Waals surface area contributed by atoms with E-state index in [0.29, 0.717) is 0 Å². The minimum absolute atomic E-state index is 0.0455. The van der Waals surface area contributed by atoms with Gasteiger partial charge >= 0.3 is 12.1 Å². The number of hydrogen-bond donors (Lipinski definition) is 3. The Hall–Kier alpha value is -3.43. The fourth-order valence-corrected chi connectivity index (χ4v) is 4.38. The number of ether oxygens (including phenoxy) is 2. The van der Waals surface area contributed by atoms with Crippen LogP contribution in [0.15, 0.2) is 48.5 Å². The number of benzene rings is 2. The number of hydrogen-bond acceptors (Lipinski definition) is 6. The Morgan fingerprint density at radius 3 is 2.21 bits per heavy atom. The Balaban J connectivity index is 1.26. The molecule has 33 heavy (non-hydrogen) atoms. The third-order valence-electron chi connectivity index (χ3n) is 6.19. The predicted molar refractivity (Wildman–Crippen MR) is 118 cm³/mol. The van der Waals surface area contributed by atoms with E-state index in [2.05, 4.69) is 17.4 Å². The van der Waals surface area contributed by atoms with E-state index in [4.69, 9.17) is 14.6 Å². The summed E-state index contributed by atoms with van der Waals surface area (Å²) in [5.41, 5.74) is 2.61. The Labute approximate surface area is 190 Å². The van der Waals surface area contributed by atoms with Crippen molar-refractivity contribution < 1.29 is 34.1 Å². The molecular weight excluding hydrogens is 428 g/mol. The van der Waals surface area contributed by atoms with E-state index in [1.54, 1.807) is 0 Å². The van der Waals surface area contributed by atoms with Gasteiger partial charge in [0.25, 0.3) is 5.91 Å². The highest BCUT2D eigenvalue weighted by Crippen LogP contribution is 2.44. The molecule has 174 valence electrons. The number of β-amino-alcohol motifs (C(OH)–C–C–N with tert-alkyl or cyclic N) is 1. The van der Waals surface area contributed by atoms with Crippen molar-refractivity contribution in [2.75, 3.05) is 33.4 Å². The number of carboxylic acid groups (broad SMARTS) is 1. The van der Waals surface area contributed by atoms with Crippen LogP contribution >= 0.6 is 0 Å². The van der Waals surface area contributed by atoms with E-state index in [-0.39, 0.29) is 38.6 Å². The van der Waals surface area contributed by atoms with E-state index in [0.717, 1.165) is 22.3 Å². The highest BCUT2D eigenvalue weighted by atomic mass is 16.5. The van der Waals surface area contributed by atoms with Crippen molar-refractivity contribution in [3.8, 4) is 11.1 Å². The zero-order valence-electron chi connectivity index (χ0n) is 18.2. The number of carboxylic acids is 1. The minimum Gasteiger partial charge on any atom is -0.479 e. The summed E-state index contributed by atoms with van der Waals surface area (Å²) in [5, 5.41) is 21.3. The smallest absolute Gasteiger partial charge is 0.407 e. The van der Waals surface area contributed by atoms with Crippen LogP contribution in [0.5, 0.6) is 0 Å². The number of nitrogens with one attached hydrogen (secondary N) is 1. The lowest BCUT2D eigenvalue weighted by Gasteiger charge is -2.44. The average Bonchev–Trinajstić information content (AvgIpc) is 3.11. The van der Waals surface area contributed by atoms with Gasteiger partial charge in [0, 0.05) is 26.0 Å². The monoisotopic (exact) mass is 454 g/mol. The Morgan fingerprint density at radius 2 is 1.67 bits per heavy atom. The first-order valence-electron chi connectivity index (χ1n) is 10.7. The van der Waals surface area contributed by atoms with E-state index in [9.17, 15) is 19.5 Å². The standard InChI is InChI=1S/C24H26N2O7/c1-32-20(21(27)26-13-24(31,14-26)22(28)29)10-11-25-23(30)33-12-19-17-8-4-2-6-15(17)16-7-3-5-9-18(16)19/h2-9,19-20,31H,10-14H2,1H3,(H,25,30)(H,28,29). The number of nitrogens with zero attached hydrogens (tertiary/aromatic N) is 1. The van der Waals surface area contributed by atoms with Gasteiger partial charge in [-0.15, -0.1) is 0 Å². The van der Waals surface area contributed by atoms with Gasteiger partial charge in [-0.05, 0) is 22.3 Å². The van der Waals surface area contributed by atoms with Gasteiger partial charge in [-0.3, -0.25) is 4.79 Å². The molecule has 0 spiro atoms. The highest BCUT2D eigenvalue weighted by Gasteiger charge is 2.51. The number of alkyl carbamates (subject to hydrolysis) is 1. The SMILES string of the molecule is COC(CCNC(=O)OCC1c2ccccc2-c2ccccc21)C(=O)N1CC(O)(C(=O)O)C1. The number of aliphatic carboxylic acids is 1. The molecule has 2 aromatic rings. The highest BCUT2D eigenvalue weighted by molar-refractivity contribution is 5.87. The molecule has 2 amide bonds. The molecule has 9 heteroatoms. The van der Waals surface area contributed by atoms with E-state index < -0.39 is 29.7 Å². The maximum absolute atomic E-state index is 12.4. The number of amides is 2. The summed E-state index contributed by atoms with van der Waals surface area (Å²) in [6.07, 6.45) is -1.28. The largest absolute Gasteiger partial charge is 0.479 e. The van der Waals surface area contributed by atoms with Crippen molar-refractivity contribution in [3.63, 3.8) is 0 Å². The summed E-state index contributed by atoms with van der Waals surface area (Å²) in [6.45, 7) is -0.256. The van der Waals surface area contributed by atoms with Crippen LogP contribution in [0.2, 0.25) is 0 Å². The van der Waals surface area contributed by atoms with Crippen molar-refractivity contribution in [1.82, 2.24) is 10.2 Å². The molecule has 1 heterocycles. The summed E-state index contributed by atoms with van der Waals surface area (Å²) >= 11 is 0. The number of carbonyl (C=O) groups excluding carboxylic acids is 2. The summed E-state index contributed by atoms with van der Waals surface area (Å²) in [7, 11) is 1.36. The molecule has 0 radical (unpaired) electrons. The Kier molecular flexibility index (Phi) is 6.35. The van der Waals surface area contributed by atoms with Crippen LogP contribution in [0.1, 0.15) is 23.5 Å². The zero-order chi connectivity index (χ0) is 23.6. The minimum atomic E-state index is -1.91. The quantitative estimate of drug-likeness (QED) is 0.553. The Bertz CT molecular complexity index is 1020. The molecule has 1 saturated heterocycles. The zero-order valence-corrected chi connectivity index (χ0v) is 18.2. The summed E-state index contributed by atoms with van der Waals surface area (Å²) in [6, 6.07) is 16.1. The molecule has 0 saturated carbocycles. The van der Waals surface area contributed by atoms with E-state index >= 15 is 0 Å². The van der Waals surface area contributed by atoms with Crippen LogP contribution in [0, 0.1) is 0 Å². The Morgan fingerprint density at radius 1 is 1.09 bits per heavy atom. The van der Waals surface area contributed by atoms with Crippen LogP contribution < -0.4 is 5.32 Å². The maximum atomic E-state index is 12.4. The van der Waals surface area contributed by atoms with Gasteiger partial charge in [0.1, 0.15) is 12.7 Å². The molecule has 1 unspecified atom stereocenters. The second kappa shape index (κ2) is 9.21. The number of rotatable bonds is 8. The molecule has 9 nitrogen and oxygen atoms in total. The molecule has 1 fully saturated rings. The number of likely N-dealkylation sites (tertiary alicyclic amines) is 1. The van der Waals surface area contributed by atoms with Gasteiger partial charge in [0.15, 0.2) is 5.60 Å². The summed E-state index contributed by atoms with van der Waals surface area (Å²) < 4.78 is 10.7.